The number of carbonyl (C=O) groups is 3. The first-order valence-electron chi connectivity index (χ1n) is 11.8. The number of hydrogen-bond acceptors (Lipinski definition) is 6. The molecular formula is C25H36N2O6. The van der Waals surface area contributed by atoms with Crippen molar-refractivity contribution in [2.45, 2.75) is 70.1 Å². The van der Waals surface area contributed by atoms with Gasteiger partial charge in [0.15, 0.2) is 11.4 Å². The Balaban J connectivity index is 1.50. The molecule has 4 atom stereocenters. The summed E-state index contributed by atoms with van der Waals surface area (Å²) < 4.78 is 5.14. The minimum atomic E-state index is -1.25. The van der Waals surface area contributed by atoms with E-state index in [-0.39, 0.29) is 30.6 Å². The number of epoxide rings is 1. The molecule has 2 amide bonds. The van der Waals surface area contributed by atoms with Crippen LogP contribution in [-0.4, -0.2) is 65.3 Å². The Hall–Kier alpha value is -2.29. The van der Waals surface area contributed by atoms with Crippen LogP contribution in [0.15, 0.2) is 24.3 Å². The molecule has 0 saturated carbocycles. The van der Waals surface area contributed by atoms with Crippen LogP contribution in [0.25, 0.3) is 0 Å². The van der Waals surface area contributed by atoms with E-state index in [1.807, 2.05) is 26.0 Å². The highest BCUT2D eigenvalue weighted by Crippen LogP contribution is 2.30. The zero-order valence-electron chi connectivity index (χ0n) is 19.5. The highest BCUT2D eigenvalue weighted by atomic mass is 16.6. The Kier molecular flexibility index (Phi) is 8.62. The molecule has 33 heavy (non-hydrogen) atoms. The molecule has 8 heteroatoms. The average molecular weight is 461 g/mol. The molecule has 1 aromatic carbocycles. The summed E-state index contributed by atoms with van der Waals surface area (Å²) >= 11 is 0. The van der Waals surface area contributed by atoms with Gasteiger partial charge in [-0.3, -0.25) is 14.4 Å². The fourth-order valence-electron chi connectivity index (χ4n) is 4.51. The molecule has 0 bridgehead atoms. The zero-order chi connectivity index (χ0) is 24.0. The predicted octanol–water partition coefficient (Wildman–Crippen LogP) is 0.910. The van der Waals surface area contributed by atoms with Crippen LogP contribution in [0.2, 0.25) is 0 Å². The second-order valence-electron chi connectivity index (χ2n) is 9.71. The Bertz CT molecular complexity index is 851. The van der Waals surface area contributed by atoms with Crippen molar-refractivity contribution in [3.05, 3.63) is 35.4 Å². The minimum Gasteiger partial charge on any atom is -0.394 e. The van der Waals surface area contributed by atoms with E-state index >= 15 is 0 Å². The maximum atomic E-state index is 12.8. The first kappa shape index (κ1) is 25.3. The van der Waals surface area contributed by atoms with E-state index in [0.717, 1.165) is 19.3 Å². The van der Waals surface area contributed by atoms with Crippen LogP contribution < -0.4 is 10.6 Å². The molecular weight excluding hydrogens is 424 g/mol. The van der Waals surface area contributed by atoms with Crippen LogP contribution in [0, 0.1) is 11.8 Å². The minimum absolute atomic E-state index is 0.108. The third-order valence-electron chi connectivity index (χ3n) is 6.60. The lowest BCUT2D eigenvalue weighted by atomic mass is 9.81. The van der Waals surface area contributed by atoms with Crippen molar-refractivity contribution in [2.75, 3.05) is 19.8 Å². The number of ketones is 1. The van der Waals surface area contributed by atoms with E-state index in [0.29, 0.717) is 18.8 Å². The number of fused-ring (bicyclic) bond motifs is 1. The van der Waals surface area contributed by atoms with Gasteiger partial charge in [-0.1, -0.05) is 38.1 Å². The van der Waals surface area contributed by atoms with E-state index in [1.54, 1.807) is 0 Å². The number of nitrogens with one attached hydrogen (secondary N) is 2. The molecule has 1 fully saturated rings. The highest BCUT2D eigenvalue weighted by molar-refractivity contribution is 5.98. The number of amides is 2. The van der Waals surface area contributed by atoms with Gasteiger partial charge >= 0.3 is 0 Å². The molecule has 1 heterocycles. The van der Waals surface area contributed by atoms with Crippen LogP contribution in [0.4, 0.5) is 0 Å². The number of aliphatic hydroxyl groups is 2. The van der Waals surface area contributed by atoms with Crippen molar-refractivity contribution in [3.63, 3.8) is 0 Å². The number of rotatable bonds is 12. The molecule has 0 radical (unpaired) electrons. The van der Waals surface area contributed by atoms with E-state index in [1.165, 1.54) is 11.1 Å². The van der Waals surface area contributed by atoms with Gasteiger partial charge in [-0.15, -0.1) is 0 Å². The summed E-state index contributed by atoms with van der Waals surface area (Å²) in [7, 11) is 0. The molecule has 0 spiro atoms. The Morgan fingerprint density at radius 1 is 1.12 bits per heavy atom. The van der Waals surface area contributed by atoms with Gasteiger partial charge in [-0.05, 0) is 55.1 Å². The summed E-state index contributed by atoms with van der Waals surface area (Å²) in [5, 5.41) is 24.4. The van der Waals surface area contributed by atoms with E-state index in [4.69, 9.17) is 4.74 Å². The Morgan fingerprint density at radius 2 is 1.82 bits per heavy atom. The van der Waals surface area contributed by atoms with Crippen LogP contribution in [0.1, 0.15) is 50.7 Å². The molecule has 4 N–H and O–H groups in total. The first-order valence-corrected chi connectivity index (χ1v) is 11.8. The zero-order valence-corrected chi connectivity index (χ0v) is 19.5. The maximum Gasteiger partial charge on any atom is 0.245 e. The summed E-state index contributed by atoms with van der Waals surface area (Å²) in [6, 6.07) is 6.37. The van der Waals surface area contributed by atoms with Gasteiger partial charge in [0.2, 0.25) is 11.8 Å². The molecule has 1 aliphatic carbocycles. The van der Waals surface area contributed by atoms with Crippen molar-refractivity contribution >= 4 is 17.6 Å². The molecule has 0 aromatic heterocycles. The summed E-state index contributed by atoms with van der Waals surface area (Å²) in [6.45, 7) is 2.95. The third kappa shape index (κ3) is 6.62. The standard InChI is InChI=1S/C25H36N2O6/c1-16(2)11-20(23(31)25(14-29)15-33-25)27-24(32)21(13-28)26-22(30)10-8-17-7-9-18-5-3-4-6-19(18)12-17/h3-6,16-17,20-21,28-29H,7-15H2,1-2H3,(H,26,30)(H,27,32)/t17?,20?,21-,25+/m0/s1. The summed E-state index contributed by atoms with van der Waals surface area (Å²) in [5.41, 5.74) is 1.46. The average Bonchev–Trinajstić information content (AvgIpc) is 3.61. The van der Waals surface area contributed by atoms with Crippen molar-refractivity contribution < 1.29 is 29.3 Å². The molecule has 2 unspecified atom stereocenters. The van der Waals surface area contributed by atoms with Crippen LogP contribution in [-0.2, 0) is 32.0 Å². The Labute approximate surface area is 195 Å². The van der Waals surface area contributed by atoms with Crippen molar-refractivity contribution in [2.24, 2.45) is 11.8 Å². The lowest BCUT2D eigenvalue weighted by Crippen LogP contribution is -2.55. The number of aryl methyl sites for hydroxylation is 1. The number of hydrogen-bond donors (Lipinski definition) is 4. The van der Waals surface area contributed by atoms with Crippen molar-refractivity contribution in [1.29, 1.82) is 0 Å². The van der Waals surface area contributed by atoms with Gasteiger partial charge in [0.25, 0.3) is 0 Å². The fraction of sp³-hybridized carbons (Fsp3) is 0.640. The summed E-state index contributed by atoms with van der Waals surface area (Å²) in [5.74, 6) is -0.783. The van der Waals surface area contributed by atoms with Gasteiger partial charge in [-0.25, -0.2) is 0 Å². The second-order valence-corrected chi connectivity index (χ2v) is 9.71. The van der Waals surface area contributed by atoms with E-state index < -0.39 is 36.8 Å². The first-order chi connectivity index (χ1) is 15.8. The summed E-state index contributed by atoms with van der Waals surface area (Å²) in [6.07, 6.45) is 4.33. The van der Waals surface area contributed by atoms with Crippen LogP contribution in [0.3, 0.4) is 0 Å². The third-order valence-corrected chi connectivity index (χ3v) is 6.60. The van der Waals surface area contributed by atoms with Crippen molar-refractivity contribution in [1.82, 2.24) is 10.6 Å². The van der Waals surface area contributed by atoms with Crippen LogP contribution >= 0.6 is 0 Å². The molecule has 2 aliphatic rings. The largest absolute Gasteiger partial charge is 0.394 e. The maximum absolute atomic E-state index is 12.8. The number of Topliss-reactive ketones (excluding diaryl/α,β-unsaturated/α-hetero) is 1. The fourth-order valence-corrected chi connectivity index (χ4v) is 4.51. The van der Waals surface area contributed by atoms with Gasteiger partial charge in [0.1, 0.15) is 6.04 Å². The van der Waals surface area contributed by atoms with Crippen LogP contribution in [0.5, 0.6) is 0 Å². The summed E-state index contributed by atoms with van der Waals surface area (Å²) in [4.78, 5) is 38.0. The lowest BCUT2D eigenvalue weighted by Gasteiger charge is -2.26. The molecule has 8 nitrogen and oxygen atoms in total. The smallest absolute Gasteiger partial charge is 0.245 e. The molecule has 182 valence electrons. The second kappa shape index (κ2) is 11.2. The van der Waals surface area contributed by atoms with Gasteiger partial charge in [-0.2, -0.15) is 0 Å². The number of benzene rings is 1. The SMILES string of the molecule is CC(C)CC(NC(=O)[C@H](CO)NC(=O)CCC1CCc2ccccc2C1)C(=O)[C@@]1(CO)CO1. The molecule has 1 aromatic rings. The monoisotopic (exact) mass is 460 g/mol. The number of carbonyl (C=O) groups excluding carboxylic acids is 3. The van der Waals surface area contributed by atoms with Gasteiger partial charge < -0.3 is 25.6 Å². The normalized spacial score (nSPS) is 23.4. The van der Waals surface area contributed by atoms with Gasteiger partial charge in [0.05, 0.1) is 25.9 Å². The lowest BCUT2D eigenvalue weighted by molar-refractivity contribution is -0.134. The topological polar surface area (TPSA) is 128 Å². The van der Waals surface area contributed by atoms with Crippen molar-refractivity contribution in [3.8, 4) is 0 Å². The predicted molar refractivity (Wildman–Crippen MR) is 122 cm³/mol. The number of ether oxygens (including phenoxy) is 1. The molecule has 1 saturated heterocycles. The molecule has 3 rings (SSSR count). The van der Waals surface area contributed by atoms with Gasteiger partial charge in [0, 0.05) is 6.42 Å². The Morgan fingerprint density at radius 3 is 2.42 bits per heavy atom. The quantitative estimate of drug-likeness (QED) is 0.343. The number of aliphatic hydroxyl groups excluding tert-OH is 2. The van der Waals surface area contributed by atoms with E-state index in [2.05, 4.69) is 22.8 Å². The highest BCUT2D eigenvalue weighted by Gasteiger charge is 2.54. The molecule has 1 aliphatic heterocycles. The van der Waals surface area contributed by atoms with E-state index in [9.17, 15) is 24.6 Å².